The highest BCUT2D eigenvalue weighted by Gasteiger charge is 2.59. The molecule has 2 aliphatic rings. The summed E-state index contributed by atoms with van der Waals surface area (Å²) in [4.78, 5) is 34.0. The molecule has 2 unspecified atom stereocenters. The van der Waals surface area contributed by atoms with Gasteiger partial charge in [0, 0.05) is 0 Å². The molecule has 1 fully saturated rings. The molecule has 0 saturated carbocycles. The maximum absolute atomic E-state index is 11.6. The van der Waals surface area contributed by atoms with E-state index < -0.39 is 60.1 Å². The predicted octanol–water partition coefficient (Wildman–Crippen LogP) is -2.94. The summed E-state index contributed by atoms with van der Waals surface area (Å²) in [6.45, 7) is 0. The quantitative estimate of drug-likeness (QED) is 0.246. The van der Waals surface area contributed by atoms with E-state index >= 15 is 0 Å². The van der Waals surface area contributed by atoms with Gasteiger partial charge in [0.25, 0.3) is 6.29 Å². The maximum atomic E-state index is 11.6. The normalized spacial score (nSPS) is 37.5. The van der Waals surface area contributed by atoms with Gasteiger partial charge in [-0.15, -0.1) is 0 Å². The molecule has 0 aromatic carbocycles. The molecule has 21 heavy (non-hydrogen) atoms. The van der Waals surface area contributed by atoms with Gasteiger partial charge in [-0.25, -0.2) is 4.79 Å². The second-order valence-corrected chi connectivity index (χ2v) is 4.34. The van der Waals surface area contributed by atoms with E-state index in [4.69, 9.17) is 10.8 Å². The van der Waals surface area contributed by atoms with Crippen LogP contribution in [0.2, 0.25) is 0 Å². The fraction of sp³-hybridized carbons (Fsp3) is 0.500. The van der Waals surface area contributed by atoms with E-state index in [9.17, 15) is 29.7 Å². The van der Waals surface area contributed by atoms with Crippen LogP contribution in [0, 0.1) is 0 Å². The molecule has 2 rings (SSSR count). The minimum absolute atomic E-state index is 0.622. The number of aliphatic hydroxyl groups is 4. The number of ether oxygens (including phenoxy) is 3. The van der Waals surface area contributed by atoms with Gasteiger partial charge < -0.3 is 40.4 Å². The Morgan fingerprint density at radius 2 is 1.81 bits per heavy atom. The topological polar surface area (TPSA) is 186 Å². The number of esters is 3. The van der Waals surface area contributed by atoms with Crippen molar-refractivity contribution in [3.63, 3.8) is 0 Å². The maximum Gasteiger partial charge on any atom is 0.378 e. The molecule has 116 valence electrons. The summed E-state index contributed by atoms with van der Waals surface area (Å²) in [5.74, 6) is -9.53. The molecular weight excluding hydrogens is 294 g/mol. The van der Waals surface area contributed by atoms with E-state index in [0.717, 1.165) is 0 Å². The van der Waals surface area contributed by atoms with Gasteiger partial charge in [-0.1, -0.05) is 0 Å². The van der Waals surface area contributed by atoms with Crippen molar-refractivity contribution < 1.29 is 49.0 Å². The van der Waals surface area contributed by atoms with Crippen molar-refractivity contribution >= 4 is 17.9 Å². The number of hydrogen-bond donors (Lipinski definition) is 5. The Bertz CT molecular complexity index is 542. The zero-order valence-corrected chi connectivity index (χ0v) is 10.3. The molecule has 0 aromatic heterocycles. The van der Waals surface area contributed by atoms with Crippen LogP contribution in [0.3, 0.4) is 0 Å². The van der Waals surface area contributed by atoms with E-state index in [1.807, 2.05) is 0 Å². The van der Waals surface area contributed by atoms with Gasteiger partial charge >= 0.3 is 23.7 Å². The zero-order valence-electron chi connectivity index (χ0n) is 10.3. The molecule has 0 spiro atoms. The van der Waals surface area contributed by atoms with E-state index in [1.165, 1.54) is 0 Å². The van der Waals surface area contributed by atoms with Gasteiger partial charge in [-0.3, -0.25) is 9.59 Å². The molecule has 2 heterocycles. The number of carbonyl (C=O) groups excluding carboxylic acids is 3. The highest BCUT2D eigenvalue weighted by atomic mass is 16.7. The minimum Gasteiger partial charge on any atom is -0.505 e. The lowest BCUT2D eigenvalue weighted by Crippen LogP contribution is -2.60. The molecular formula is C10H11NO10. The molecule has 11 nitrogen and oxygen atoms in total. The summed E-state index contributed by atoms with van der Waals surface area (Å²) in [6.07, 6.45) is -5.31. The van der Waals surface area contributed by atoms with Crippen molar-refractivity contribution in [1.29, 1.82) is 0 Å². The van der Waals surface area contributed by atoms with Gasteiger partial charge in [0.15, 0.2) is 5.76 Å². The van der Waals surface area contributed by atoms with Gasteiger partial charge in [0.1, 0.15) is 6.04 Å². The predicted molar refractivity (Wildman–Crippen MR) is 57.9 cm³/mol. The third kappa shape index (κ3) is 2.37. The monoisotopic (exact) mass is 305 g/mol. The lowest BCUT2D eigenvalue weighted by molar-refractivity contribution is -0.333. The first-order valence-electron chi connectivity index (χ1n) is 5.58. The van der Waals surface area contributed by atoms with Crippen molar-refractivity contribution in [3.8, 4) is 0 Å². The molecule has 0 aliphatic carbocycles. The summed E-state index contributed by atoms with van der Waals surface area (Å²) < 4.78 is 13.2. The van der Waals surface area contributed by atoms with Crippen molar-refractivity contribution in [1.82, 2.24) is 0 Å². The Morgan fingerprint density at radius 1 is 1.19 bits per heavy atom. The van der Waals surface area contributed by atoms with Gasteiger partial charge in [-0.2, -0.15) is 0 Å². The summed E-state index contributed by atoms with van der Waals surface area (Å²) in [5, 5.41) is 38.4. The SMILES string of the molecule is NC1CC(=O)OC(O)[C@](O)([C@H]2OC(=O)C(O)=C2O)OC1=O. The Kier molecular flexibility index (Phi) is 3.49. The van der Waals surface area contributed by atoms with Crippen molar-refractivity contribution in [2.24, 2.45) is 5.73 Å². The number of hydrogen-bond acceptors (Lipinski definition) is 11. The van der Waals surface area contributed by atoms with Crippen LogP contribution in [-0.4, -0.2) is 62.6 Å². The van der Waals surface area contributed by atoms with Crippen molar-refractivity contribution in [2.75, 3.05) is 0 Å². The molecule has 1 saturated heterocycles. The molecule has 6 N–H and O–H groups in total. The van der Waals surface area contributed by atoms with Crippen LogP contribution < -0.4 is 5.73 Å². The molecule has 0 amide bonds. The van der Waals surface area contributed by atoms with Crippen molar-refractivity contribution in [2.45, 2.75) is 30.6 Å². The van der Waals surface area contributed by atoms with Crippen LogP contribution in [0.15, 0.2) is 11.5 Å². The summed E-state index contributed by atoms with van der Waals surface area (Å²) in [5.41, 5.74) is 5.29. The number of rotatable bonds is 1. The summed E-state index contributed by atoms with van der Waals surface area (Å²) >= 11 is 0. The van der Waals surface area contributed by atoms with E-state index in [1.54, 1.807) is 0 Å². The molecule has 4 atom stereocenters. The van der Waals surface area contributed by atoms with Gasteiger partial charge in [0.05, 0.1) is 6.42 Å². The first-order valence-corrected chi connectivity index (χ1v) is 5.58. The first kappa shape index (κ1) is 15.0. The second kappa shape index (κ2) is 4.87. The standard InChI is InChI=1S/C10H11NO10/c11-2-1-3(12)19-9(17)10(18,21-7(2)15)6-4(13)5(14)8(16)20-6/h2,6,9,13-14,17-18H,1,11H2/t2?,6-,9?,10-/m0/s1. The Labute approximate surface area is 116 Å². The first-order chi connectivity index (χ1) is 9.66. The number of carbonyl (C=O) groups is 3. The lowest BCUT2D eigenvalue weighted by atomic mass is 10.1. The number of aliphatic hydroxyl groups excluding tert-OH is 3. The Hall–Kier alpha value is -2.37. The van der Waals surface area contributed by atoms with Crippen LogP contribution in [-0.2, 0) is 28.6 Å². The lowest BCUT2D eigenvalue weighted by Gasteiger charge is -2.36. The largest absolute Gasteiger partial charge is 0.505 e. The average molecular weight is 305 g/mol. The zero-order chi connectivity index (χ0) is 15.9. The summed E-state index contributed by atoms with van der Waals surface area (Å²) in [6, 6.07) is -1.51. The van der Waals surface area contributed by atoms with Crippen LogP contribution in [0.4, 0.5) is 0 Å². The highest BCUT2D eigenvalue weighted by molar-refractivity contribution is 5.89. The molecule has 2 aliphatic heterocycles. The molecule has 11 heteroatoms. The Morgan fingerprint density at radius 3 is 2.33 bits per heavy atom. The average Bonchev–Trinajstić information content (AvgIpc) is 2.65. The van der Waals surface area contributed by atoms with Gasteiger partial charge in [0.2, 0.25) is 11.9 Å². The van der Waals surface area contributed by atoms with Crippen LogP contribution in [0.5, 0.6) is 0 Å². The fourth-order valence-corrected chi connectivity index (χ4v) is 1.72. The van der Waals surface area contributed by atoms with E-state index in [0.29, 0.717) is 0 Å². The van der Waals surface area contributed by atoms with E-state index in [2.05, 4.69) is 14.2 Å². The van der Waals surface area contributed by atoms with Crippen LogP contribution in [0.1, 0.15) is 6.42 Å². The highest BCUT2D eigenvalue weighted by Crippen LogP contribution is 2.33. The third-order valence-corrected chi connectivity index (χ3v) is 2.84. The molecule has 0 radical (unpaired) electrons. The van der Waals surface area contributed by atoms with Gasteiger partial charge in [-0.05, 0) is 0 Å². The fourth-order valence-electron chi connectivity index (χ4n) is 1.72. The molecule has 0 aromatic rings. The smallest absolute Gasteiger partial charge is 0.378 e. The minimum atomic E-state index is -3.17. The Balaban J connectivity index is 2.39. The van der Waals surface area contributed by atoms with Crippen molar-refractivity contribution in [3.05, 3.63) is 11.5 Å². The number of nitrogens with two attached hydrogens (primary N) is 1. The third-order valence-electron chi connectivity index (χ3n) is 2.84. The number of cyclic esters (lactones) is 3. The van der Waals surface area contributed by atoms with E-state index in [-0.39, 0.29) is 0 Å². The molecule has 0 bridgehead atoms. The van der Waals surface area contributed by atoms with Crippen LogP contribution >= 0.6 is 0 Å². The van der Waals surface area contributed by atoms with Crippen LogP contribution in [0.25, 0.3) is 0 Å². The second-order valence-electron chi connectivity index (χ2n) is 4.34. The summed E-state index contributed by atoms with van der Waals surface area (Å²) in [7, 11) is 0.